The van der Waals surface area contributed by atoms with Crippen molar-refractivity contribution in [2.45, 2.75) is 45.9 Å². The molecule has 1 amide bonds. The molecule has 0 bridgehead atoms. The quantitative estimate of drug-likeness (QED) is 0.756. The van der Waals surface area contributed by atoms with Crippen LogP contribution in [0.1, 0.15) is 53.1 Å². The first-order valence-corrected chi connectivity index (χ1v) is 9.52. The molecular formula is C21H25N5O2. The fraction of sp³-hybridized carbons (Fsp3) is 0.381. The van der Waals surface area contributed by atoms with Crippen molar-refractivity contribution in [3.63, 3.8) is 0 Å². The Kier molecular flexibility index (Phi) is 4.77. The molecule has 3 aromatic rings. The Labute approximate surface area is 164 Å². The predicted molar refractivity (Wildman–Crippen MR) is 105 cm³/mol. The lowest BCUT2D eigenvalue weighted by molar-refractivity contribution is -0.00903. The molecule has 2 aromatic heterocycles. The molecule has 28 heavy (non-hydrogen) atoms. The maximum absolute atomic E-state index is 12.8. The van der Waals surface area contributed by atoms with Crippen molar-refractivity contribution in [1.82, 2.24) is 24.6 Å². The molecule has 0 saturated carbocycles. The number of benzene rings is 1. The Morgan fingerprint density at radius 3 is 2.71 bits per heavy atom. The van der Waals surface area contributed by atoms with Gasteiger partial charge in [0.1, 0.15) is 5.82 Å². The summed E-state index contributed by atoms with van der Waals surface area (Å²) in [7, 11) is 1.86. The van der Waals surface area contributed by atoms with Crippen molar-refractivity contribution < 1.29 is 9.53 Å². The molecule has 1 aromatic carbocycles. The minimum absolute atomic E-state index is 0.0584. The van der Waals surface area contributed by atoms with Crippen molar-refractivity contribution in [1.29, 1.82) is 0 Å². The molecule has 0 radical (unpaired) electrons. The van der Waals surface area contributed by atoms with Crippen molar-refractivity contribution in [2.75, 3.05) is 0 Å². The van der Waals surface area contributed by atoms with E-state index in [1.807, 2.05) is 62.8 Å². The number of aromatic nitrogens is 4. The van der Waals surface area contributed by atoms with E-state index in [2.05, 4.69) is 15.4 Å². The van der Waals surface area contributed by atoms with Gasteiger partial charge in [-0.1, -0.05) is 12.1 Å². The number of fused-ring (bicyclic) bond motifs is 1. The molecular weight excluding hydrogens is 354 g/mol. The maximum atomic E-state index is 12.8. The third kappa shape index (κ3) is 3.33. The standard InChI is InChI=1S/C21H25N5O2/c1-13-11-18-19(24-25(4)20(18)14(2)28-13)21(27)23-12-16-5-7-17(8-6-16)26-10-9-22-15(26)3/h5-10,13-14H,11-12H2,1-4H3,(H,23,27)/t13-,14+/m1/s1. The molecule has 0 fully saturated rings. The molecule has 3 heterocycles. The molecule has 146 valence electrons. The van der Waals surface area contributed by atoms with Crippen LogP contribution < -0.4 is 5.32 Å². The average molecular weight is 379 g/mol. The van der Waals surface area contributed by atoms with E-state index in [0.717, 1.165) is 28.3 Å². The zero-order valence-electron chi connectivity index (χ0n) is 16.6. The van der Waals surface area contributed by atoms with Crippen LogP contribution in [0, 0.1) is 6.92 Å². The first-order valence-electron chi connectivity index (χ1n) is 9.52. The van der Waals surface area contributed by atoms with E-state index in [0.29, 0.717) is 18.7 Å². The Morgan fingerprint density at radius 1 is 1.29 bits per heavy atom. The van der Waals surface area contributed by atoms with Gasteiger partial charge in [0, 0.05) is 43.7 Å². The number of amides is 1. The number of ether oxygens (including phenoxy) is 1. The second kappa shape index (κ2) is 7.24. The number of rotatable bonds is 4. The lowest BCUT2D eigenvalue weighted by Crippen LogP contribution is -2.27. The lowest BCUT2D eigenvalue weighted by Gasteiger charge is -2.26. The van der Waals surface area contributed by atoms with Gasteiger partial charge in [0.15, 0.2) is 5.69 Å². The summed E-state index contributed by atoms with van der Waals surface area (Å²) in [6.45, 7) is 6.45. The molecule has 0 aliphatic carbocycles. The van der Waals surface area contributed by atoms with E-state index in [9.17, 15) is 4.79 Å². The predicted octanol–water partition coefficient (Wildman–Crippen LogP) is 2.87. The minimum atomic E-state index is -0.146. The minimum Gasteiger partial charge on any atom is -0.369 e. The number of aryl methyl sites for hydroxylation is 2. The number of hydrogen-bond acceptors (Lipinski definition) is 4. The van der Waals surface area contributed by atoms with Gasteiger partial charge in [0.05, 0.1) is 17.9 Å². The Hall–Kier alpha value is -2.93. The fourth-order valence-corrected chi connectivity index (χ4v) is 3.91. The molecule has 1 aliphatic heterocycles. The van der Waals surface area contributed by atoms with Gasteiger partial charge in [0.25, 0.3) is 5.91 Å². The summed E-state index contributed by atoms with van der Waals surface area (Å²) in [4.78, 5) is 17.0. The van der Waals surface area contributed by atoms with Crippen LogP contribution in [0.4, 0.5) is 0 Å². The summed E-state index contributed by atoms with van der Waals surface area (Å²) in [5.74, 6) is 0.793. The average Bonchev–Trinajstić information content (AvgIpc) is 3.23. The van der Waals surface area contributed by atoms with E-state index >= 15 is 0 Å². The summed E-state index contributed by atoms with van der Waals surface area (Å²) >= 11 is 0. The maximum Gasteiger partial charge on any atom is 0.272 e. The van der Waals surface area contributed by atoms with Gasteiger partial charge in [-0.05, 0) is 38.5 Å². The third-order valence-corrected chi connectivity index (χ3v) is 5.22. The second-order valence-corrected chi connectivity index (χ2v) is 7.32. The Morgan fingerprint density at radius 2 is 2.04 bits per heavy atom. The van der Waals surface area contributed by atoms with E-state index in [1.54, 1.807) is 10.9 Å². The topological polar surface area (TPSA) is 74.0 Å². The van der Waals surface area contributed by atoms with Gasteiger partial charge in [0.2, 0.25) is 0 Å². The van der Waals surface area contributed by atoms with Gasteiger partial charge in [-0.2, -0.15) is 5.10 Å². The third-order valence-electron chi connectivity index (χ3n) is 5.22. The first kappa shape index (κ1) is 18.4. The SMILES string of the molecule is Cc1nccn1-c1ccc(CNC(=O)c2nn(C)c3c2C[C@@H](C)O[C@H]3C)cc1. The van der Waals surface area contributed by atoms with Crippen LogP contribution >= 0.6 is 0 Å². The van der Waals surface area contributed by atoms with Gasteiger partial charge >= 0.3 is 0 Å². The first-order chi connectivity index (χ1) is 13.4. The molecule has 7 heteroatoms. The number of carbonyl (C=O) groups excluding carboxylic acids is 1. The van der Waals surface area contributed by atoms with Gasteiger partial charge < -0.3 is 14.6 Å². The van der Waals surface area contributed by atoms with Crippen LogP contribution in [0.25, 0.3) is 5.69 Å². The normalized spacial score (nSPS) is 18.7. The summed E-state index contributed by atoms with van der Waals surface area (Å²) < 4.78 is 9.65. The number of nitrogens with zero attached hydrogens (tertiary/aromatic N) is 4. The molecule has 2 atom stereocenters. The summed E-state index contributed by atoms with van der Waals surface area (Å²) in [5.41, 5.74) is 4.57. The highest BCUT2D eigenvalue weighted by molar-refractivity contribution is 5.94. The van der Waals surface area contributed by atoms with E-state index in [1.165, 1.54) is 0 Å². The van der Waals surface area contributed by atoms with E-state index in [-0.39, 0.29) is 18.1 Å². The van der Waals surface area contributed by atoms with Crippen LogP contribution in [0.15, 0.2) is 36.7 Å². The molecule has 0 saturated heterocycles. The largest absolute Gasteiger partial charge is 0.369 e. The second-order valence-electron chi connectivity index (χ2n) is 7.32. The number of nitrogens with one attached hydrogen (secondary N) is 1. The molecule has 1 aliphatic rings. The highest BCUT2D eigenvalue weighted by Crippen LogP contribution is 2.31. The zero-order chi connectivity index (χ0) is 19.8. The molecule has 4 rings (SSSR count). The molecule has 1 N–H and O–H groups in total. The van der Waals surface area contributed by atoms with Crippen LogP contribution in [-0.2, 0) is 24.8 Å². The van der Waals surface area contributed by atoms with Crippen LogP contribution in [0.5, 0.6) is 0 Å². The zero-order valence-corrected chi connectivity index (χ0v) is 16.6. The summed E-state index contributed by atoms with van der Waals surface area (Å²) in [6, 6.07) is 8.08. The lowest BCUT2D eigenvalue weighted by atomic mass is 9.99. The monoisotopic (exact) mass is 379 g/mol. The van der Waals surface area contributed by atoms with E-state index < -0.39 is 0 Å². The van der Waals surface area contributed by atoms with Crippen molar-refractivity contribution in [2.24, 2.45) is 7.05 Å². The van der Waals surface area contributed by atoms with Crippen LogP contribution in [0.2, 0.25) is 0 Å². The van der Waals surface area contributed by atoms with Gasteiger partial charge in [-0.15, -0.1) is 0 Å². The molecule has 7 nitrogen and oxygen atoms in total. The summed E-state index contributed by atoms with van der Waals surface area (Å²) in [6.07, 6.45) is 4.44. The number of imidazole rings is 1. The van der Waals surface area contributed by atoms with E-state index in [4.69, 9.17) is 4.74 Å². The van der Waals surface area contributed by atoms with Crippen molar-refractivity contribution in [3.05, 3.63) is 65.0 Å². The Balaban J connectivity index is 1.47. The highest BCUT2D eigenvalue weighted by Gasteiger charge is 2.31. The highest BCUT2D eigenvalue weighted by atomic mass is 16.5. The van der Waals surface area contributed by atoms with Crippen LogP contribution in [0.3, 0.4) is 0 Å². The van der Waals surface area contributed by atoms with Crippen LogP contribution in [-0.4, -0.2) is 31.3 Å². The van der Waals surface area contributed by atoms with Crippen molar-refractivity contribution >= 4 is 5.91 Å². The van der Waals surface area contributed by atoms with Gasteiger partial charge in [-0.3, -0.25) is 9.48 Å². The Bertz CT molecular complexity index is 1000. The fourth-order valence-electron chi connectivity index (χ4n) is 3.91. The number of hydrogen-bond donors (Lipinski definition) is 1. The molecule has 0 spiro atoms. The van der Waals surface area contributed by atoms with Crippen molar-refractivity contribution in [3.8, 4) is 5.69 Å². The summed E-state index contributed by atoms with van der Waals surface area (Å²) in [5, 5.41) is 7.46. The smallest absolute Gasteiger partial charge is 0.272 e. The van der Waals surface area contributed by atoms with Gasteiger partial charge in [-0.25, -0.2) is 4.98 Å². The number of carbonyl (C=O) groups is 1. The molecule has 0 unspecified atom stereocenters.